The van der Waals surface area contributed by atoms with Gasteiger partial charge in [0.15, 0.2) is 0 Å². The van der Waals surface area contributed by atoms with Crippen LogP contribution < -0.4 is 0 Å². The average molecular weight is 294 g/mol. The third-order valence-corrected chi connectivity index (χ3v) is 3.63. The van der Waals surface area contributed by atoms with E-state index in [0.29, 0.717) is 0 Å². The lowest BCUT2D eigenvalue weighted by molar-refractivity contribution is 0.173. The summed E-state index contributed by atoms with van der Waals surface area (Å²) in [5.74, 6) is 0. The molecule has 0 aliphatic rings. The van der Waals surface area contributed by atoms with Crippen molar-refractivity contribution in [2.75, 3.05) is 0 Å². The van der Waals surface area contributed by atoms with Gasteiger partial charge in [0.25, 0.3) is 0 Å². The van der Waals surface area contributed by atoms with E-state index in [1.54, 1.807) is 0 Å². The van der Waals surface area contributed by atoms with Crippen LogP contribution in [0.2, 0.25) is 0 Å². The van der Waals surface area contributed by atoms with E-state index in [9.17, 15) is 5.11 Å². The zero-order valence-corrected chi connectivity index (χ0v) is 11.4. The molecule has 90 valence electrons. The number of hydrogen-bond acceptors (Lipinski definition) is 1. The van der Waals surface area contributed by atoms with Gasteiger partial charge in [-0.1, -0.05) is 41.1 Å². The highest BCUT2D eigenvalue weighted by Gasteiger charge is 2.07. The lowest BCUT2D eigenvalue weighted by atomic mass is 10.1. The minimum atomic E-state index is -0.351. The van der Waals surface area contributed by atoms with Crippen LogP contribution in [0.15, 0.2) is 47.2 Å². The fourth-order valence-electron chi connectivity index (χ4n) is 1.81. The molecule has 1 atom stereocenters. The number of nitrogens with zero attached hydrogens (tertiary/aromatic N) is 1. The van der Waals surface area contributed by atoms with Gasteiger partial charge in [0, 0.05) is 23.4 Å². The molecule has 0 radical (unpaired) electrons. The first-order valence-corrected chi connectivity index (χ1v) is 6.57. The van der Waals surface area contributed by atoms with Gasteiger partial charge in [-0.15, -0.1) is 0 Å². The number of halogens is 1. The van der Waals surface area contributed by atoms with Crippen LogP contribution in [-0.4, -0.2) is 9.67 Å². The number of aromatic nitrogens is 1. The van der Waals surface area contributed by atoms with E-state index in [0.717, 1.165) is 23.0 Å². The molecule has 2 nitrogen and oxygen atoms in total. The topological polar surface area (TPSA) is 25.2 Å². The lowest BCUT2D eigenvalue weighted by Gasteiger charge is -2.06. The first-order chi connectivity index (χ1) is 8.20. The van der Waals surface area contributed by atoms with E-state index in [-0.39, 0.29) is 6.10 Å². The summed E-state index contributed by atoms with van der Waals surface area (Å²) in [6.45, 7) is 2.80. The second kappa shape index (κ2) is 5.52. The fraction of sp³-hybridized carbons (Fsp3) is 0.286. The van der Waals surface area contributed by atoms with Gasteiger partial charge in [-0.05, 0) is 29.7 Å². The summed E-state index contributed by atoms with van der Waals surface area (Å²) < 4.78 is 3.21. The standard InChI is InChI=1S/C14H16BrNO/c1-2-14(17)12-7-8-16(10-12)9-11-5-3-4-6-13(11)15/h3-8,10,14,17H,2,9H2,1H3. The van der Waals surface area contributed by atoms with Crippen molar-refractivity contribution in [3.8, 4) is 0 Å². The maximum atomic E-state index is 9.74. The summed E-state index contributed by atoms with van der Waals surface area (Å²) in [7, 11) is 0. The van der Waals surface area contributed by atoms with Gasteiger partial charge in [0.2, 0.25) is 0 Å². The summed E-state index contributed by atoms with van der Waals surface area (Å²) in [5.41, 5.74) is 2.22. The molecule has 0 amide bonds. The predicted molar refractivity (Wildman–Crippen MR) is 72.9 cm³/mol. The van der Waals surface area contributed by atoms with E-state index in [4.69, 9.17) is 0 Å². The molecule has 0 saturated heterocycles. The van der Waals surface area contributed by atoms with Crippen molar-refractivity contribution in [1.29, 1.82) is 0 Å². The Kier molecular flexibility index (Phi) is 4.02. The first-order valence-electron chi connectivity index (χ1n) is 5.78. The van der Waals surface area contributed by atoms with E-state index in [1.165, 1.54) is 5.56 Å². The SMILES string of the molecule is CCC(O)c1ccn(Cc2ccccc2Br)c1. The zero-order chi connectivity index (χ0) is 12.3. The molecule has 1 aromatic carbocycles. The highest BCUT2D eigenvalue weighted by Crippen LogP contribution is 2.20. The monoisotopic (exact) mass is 293 g/mol. The molecule has 17 heavy (non-hydrogen) atoms. The van der Waals surface area contributed by atoms with Crippen molar-refractivity contribution in [2.45, 2.75) is 26.0 Å². The third-order valence-electron chi connectivity index (χ3n) is 2.86. The Labute approximate surface area is 110 Å². The van der Waals surface area contributed by atoms with Gasteiger partial charge in [-0.3, -0.25) is 0 Å². The van der Waals surface area contributed by atoms with Gasteiger partial charge < -0.3 is 9.67 Å². The number of aliphatic hydroxyl groups excluding tert-OH is 1. The van der Waals surface area contributed by atoms with Crippen LogP contribution in [-0.2, 0) is 6.54 Å². The zero-order valence-electron chi connectivity index (χ0n) is 9.81. The van der Waals surface area contributed by atoms with Gasteiger partial charge in [0.1, 0.15) is 0 Å². The Morgan fingerprint density at radius 3 is 2.76 bits per heavy atom. The van der Waals surface area contributed by atoms with Crippen LogP contribution in [0.1, 0.15) is 30.6 Å². The molecule has 1 aromatic heterocycles. The highest BCUT2D eigenvalue weighted by atomic mass is 79.9. The molecule has 0 bridgehead atoms. The predicted octanol–water partition coefficient (Wildman–Crippen LogP) is 3.74. The maximum absolute atomic E-state index is 9.74. The van der Waals surface area contributed by atoms with Crippen molar-refractivity contribution >= 4 is 15.9 Å². The Morgan fingerprint density at radius 1 is 1.29 bits per heavy atom. The average Bonchev–Trinajstić information content (AvgIpc) is 2.80. The van der Waals surface area contributed by atoms with E-state index in [1.807, 2.05) is 43.6 Å². The van der Waals surface area contributed by atoms with Crippen LogP contribution >= 0.6 is 15.9 Å². The molecule has 0 fully saturated rings. The molecule has 0 saturated carbocycles. The Bertz CT molecular complexity index is 492. The quantitative estimate of drug-likeness (QED) is 0.913. The van der Waals surface area contributed by atoms with Crippen molar-refractivity contribution in [3.63, 3.8) is 0 Å². The van der Waals surface area contributed by atoms with Crippen molar-refractivity contribution in [3.05, 3.63) is 58.3 Å². The number of aliphatic hydroxyl groups is 1. The van der Waals surface area contributed by atoms with Crippen LogP contribution in [0.4, 0.5) is 0 Å². The van der Waals surface area contributed by atoms with E-state index >= 15 is 0 Å². The van der Waals surface area contributed by atoms with Gasteiger partial charge in [0.05, 0.1) is 6.10 Å². The Balaban J connectivity index is 2.14. The molecule has 0 aliphatic heterocycles. The summed E-state index contributed by atoms with van der Waals surface area (Å²) in [5, 5.41) is 9.74. The molecule has 1 unspecified atom stereocenters. The fourth-order valence-corrected chi connectivity index (χ4v) is 2.22. The maximum Gasteiger partial charge on any atom is 0.0802 e. The van der Waals surface area contributed by atoms with Crippen LogP contribution in [0.3, 0.4) is 0 Å². The number of rotatable bonds is 4. The van der Waals surface area contributed by atoms with Crippen molar-refractivity contribution in [1.82, 2.24) is 4.57 Å². The summed E-state index contributed by atoms with van der Waals surface area (Å²) >= 11 is 3.54. The number of hydrogen-bond donors (Lipinski definition) is 1. The molecule has 2 rings (SSSR count). The molecule has 3 heteroatoms. The Hall–Kier alpha value is -1.06. The first kappa shape index (κ1) is 12.4. The van der Waals surface area contributed by atoms with Crippen LogP contribution in [0.5, 0.6) is 0 Å². The lowest BCUT2D eigenvalue weighted by Crippen LogP contribution is -1.98. The smallest absolute Gasteiger partial charge is 0.0802 e. The van der Waals surface area contributed by atoms with Gasteiger partial charge in [-0.25, -0.2) is 0 Å². The van der Waals surface area contributed by atoms with E-state index in [2.05, 4.69) is 26.6 Å². The van der Waals surface area contributed by atoms with Gasteiger partial charge >= 0.3 is 0 Å². The molecular formula is C14H16BrNO. The summed E-state index contributed by atoms with van der Waals surface area (Å²) in [4.78, 5) is 0. The largest absolute Gasteiger partial charge is 0.388 e. The van der Waals surface area contributed by atoms with Gasteiger partial charge in [-0.2, -0.15) is 0 Å². The van der Waals surface area contributed by atoms with Crippen molar-refractivity contribution < 1.29 is 5.11 Å². The van der Waals surface area contributed by atoms with E-state index < -0.39 is 0 Å². The molecule has 1 heterocycles. The van der Waals surface area contributed by atoms with Crippen molar-refractivity contribution in [2.24, 2.45) is 0 Å². The summed E-state index contributed by atoms with van der Waals surface area (Å²) in [6, 6.07) is 10.2. The number of benzene rings is 1. The normalized spacial score (nSPS) is 12.6. The second-order valence-corrected chi connectivity index (χ2v) is 4.99. The summed E-state index contributed by atoms with van der Waals surface area (Å²) in [6.07, 6.45) is 4.41. The minimum absolute atomic E-state index is 0.351. The molecule has 0 spiro atoms. The minimum Gasteiger partial charge on any atom is -0.388 e. The molecule has 2 aromatic rings. The second-order valence-electron chi connectivity index (χ2n) is 4.13. The third kappa shape index (κ3) is 2.99. The van der Waals surface area contributed by atoms with Crippen LogP contribution in [0.25, 0.3) is 0 Å². The van der Waals surface area contributed by atoms with Crippen LogP contribution in [0, 0.1) is 0 Å². The molecule has 1 N–H and O–H groups in total. The highest BCUT2D eigenvalue weighted by molar-refractivity contribution is 9.10. The molecule has 0 aliphatic carbocycles. The Morgan fingerprint density at radius 2 is 2.06 bits per heavy atom. The molecular weight excluding hydrogens is 278 g/mol.